The van der Waals surface area contributed by atoms with Crippen LogP contribution >= 0.6 is 11.6 Å². The summed E-state index contributed by atoms with van der Waals surface area (Å²) in [6.45, 7) is 3.98. The summed E-state index contributed by atoms with van der Waals surface area (Å²) in [6.07, 6.45) is 0. The van der Waals surface area contributed by atoms with Crippen molar-refractivity contribution < 1.29 is 27.5 Å². The Kier molecular flexibility index (Phi) is 4.91. The zero-order chi connectivity index (χ0) is 18.1. The van der Waals surface area contributed by atoms with Crippen molar-refractivity contribution in [1.82, 2.24) is 4.72 Å². The minimum Gasteiger partial charge on any atom is -0.456 e. The van der Waals surface area contributed by atoms with E-state index in [9.17, 15) is 18.0 Å². The lowest BCUT2D eigenvalue weighted by Gasteiger charge is -2.23. The summed E-state index contributed by atoms with van der Waals surface area (Å²) in [5, 5.41) is 0.466. The van der Waals surface area contributed by atoms with Crippen molar-refractivity contribution in [3.05, 3.63) is 46.5 Å². The molecule has 1 aliphatic rings. The van der Waals surface area contributed by atoms with Gasteiger partial charge in [0.2, 0.25) is 21.7 Å². The van der Waals surface area contributed by atoms with Crippen molar-refractivity contribution in [2.45, 2.75) is 26.4 Å². The monoisotopic (exact) mass is 373 g/mol. The van der Waals surface area contributed by atoms with Crippen LogP contribution in [0.5, 0.6) is 0 Å². The molecule has 1 aliphatic heterocycles. The molecule has 0 saturated heterocycles. The number of rotatable bonds is 5. The summed E-state index contributed by atoms with van der Waals surface area (Å²) in [5.74, 6) is -2.56. The highest BCUT2D eigenvalue weighted by molar-refractivity contribution is 7.89. The molecule has 9 heteroatoms. The lowest BCUT2D eigenvalue weighted by atomic mass is 9.92. The summed E-state index contributed by atoms with van der Waals surface area (Å²) in [7, 11) is -3.73. The van der Waals surface area contributed by atoms with Crippen LogP contribution in [-0.2, 0) is 34.7 Å². The third-order valence-corrected chi connectivity index (χ3v) is 4.93. The van der Waals surface area contributed by atoms with Crippen molar-refractivity contribution in [3.63, 3.8) is 0 Å². The van der Waals surface area contributed by atoms with Gasteiger partial charge in [0.05, 0.1) is 5.75 Å². The van der Waals surface area contributed by atoms with Crippen LogP contribution in [0, 0.1) is 0 Å². The molecular weight excluding hydrogens is 358 g/mol. The van der Waals surface area contributed by atoms with E-state index in [1.165, 1.54) is 13.8 Å². The van der Waals surface area contributed by atoms with Crippen LogP contribution in [0.2, 0.25) is 5.02 Å². The van der Waals surface area contributed by atoms with Crippen LogP contribution in [0.1, 0.15) is 26.3 Å². The highest BCUT2D eigenvalue weighted by Gasteiger charge is 2.50. The maximum atomic E-state index is 12.7. The average Bonchev–Trinajstić information content (AvgIpc) is 2.72. The van der Waals surface area contributed by atoms with Crippen molar-refractivity contribution in [1.29, 1.82) is 0 Å². The first-order valence-electron chi connectivity index (χ1n) is 7.02. The molecule has 0 spiro atoms. The Bertz CT molecular complexity index is 815. The van der Waals surface area contributed by atoms with Crippen molar-refractivity contribution in [3.8, 4) is 0 Å². The molecule has 0 saturated carbocycles. The summed E-state index contributed by atoms with van der Waals surface area (Å²) in [6, 6.07) is 6.28. The zero-order valence-corrected chi connectivity index (χ0v) is 14.8. The fourth-order valence-electron chi connectivity index (χ4n) is 2.09. The van der Waals surface area contributed by atoms with Gasteiger partial charge in [-0.25, -0.2) is 8.42 Å². The van der Waals surface area contributed by atoms with Crippen LogP contribution < -0.4 is 4.72 Å². The second-order valence-corrected chi connectivity index (χ2v) is 7.68. The van der Waals surface area contributed by atoms with Gasteiger partial charge in [-0.1, -0.05) is 23.7 Å². The van der Waals surface area contributed by atoms with Gasteiger partial charge in [-0.15, -0.1) is 0 Å². The van der Waals surface area contributed by atoms with E-state index in [1.54, 1.807) is 24.3 Å². The number of carbonyl (C=O) groups excluding carboxylic acids is 2. The third-order valence-electron chi connectivity index (χ3n) is 3.42. The highest BCUT2D eigenvalue weighted by Crippen LogP contribution is 2.38. The van der Waals surface area contributed by atoms with Gasteiger partial charge in [0.1, 0.15) is 0 Å². The predicted molar refractivity (Wildman–Crippen MR) is 86.3 cm³/mol. The molecule has 0 radical (unpaired) electrons. The van der Waals surface area contributed by atoms with Gasteiger partial charge >= 0.3 is 5.97 Å². The molecule has 1 atom stereocenters. The maximum absolute atomic E-state index is 12.7. The minimum absolute atomic E-state index is 0.237. The van der Waals surface area contributed by atoms with E-state index in [4.69, 9.17) is 21.1 Å². The molecule has 130 valence electrons. The topological polar surface area (TPSA) is 98.8 Å². The molecule has 0 fully saturated rings. The van der Waals surface area contributed by atoms with Crippen LogP contribution in [0.25, 0.3) is 0 Å². The number of sulfonamides is 1. The Morgan fingerprint density at radius 2 is 1.92 bits per heavy atom. The molecule has 0 aliphatic carbocycles. The Labute approximate surface area is 144 Å². The lowest BCUT2D eigenvalue weighted by Crippen LogP contribution is -2.32. The average molecular weight is 374 g/mol. The maximum Gasteiger partial charge on any atom is 0.308 e. The molecule has 1 aromatic rings. The third kappa shape index (κ3) is 3.54. The summed E-state index contributed by atoms with van der Waals surface area (Å²) >= 11 is 5.84. The molecule has 0 bridgehead atoms. The molecular formula is C15H16ClNO6S. The lowest BCUT2D eigenvalue weighted by molar-refractivity contribution is -0.142. The second-order valence-electron chi connectivity index (χ2n) is 5.23. The van der Waals surface area contributed by atoms with Gasteiger partial charge in [0.25, 0.3) is 5.78 Å². The number of ether oxygens (including phenoxy) is 2. The van der Waals surface area contributed by atoms with E-state index in [0.29, 0.717) is 10.6 Å². The Balaban J connectivity index is 2.46. The van der Waals surface area contributed by atoms with Crippen molar-refractivity contribution >= 4 is 33.4 Å². The molecule has 1 aromatic carbocycles. The SMILES string of the molecule is CCS(=O)(=O)NC1=C(OC(C)=O)C(=O)C(C)(c2ccc(Cl)cc2)O1. The van der Waals surface area contributed by atoms with Gasteiger partial charge in [-0.2, -0.15) is 0 Å². The number of hydrogen-bond acceptors (Lipinski definition) is 6. The zero-order valence-electron chi connectivity index (χ0n) is 13.3. The first-order valence-corrected chi connectivity index (χ1v) is 9.05. The molecule has 2 rings (SSSR count). The molecule has 1 N–H and O–H groups in total. The standard InChI is InChI=1S/C15H16ClNO6S/c1-4-24(20,21)17-14-12(22-9(2)18)13(19)15(3,23-14)10-5-7-11(16)8-6-10/h5-8,17H,4H2,1-3H3. The highest BCUT2D eigenvalue weighted by atomic mass is 35.5. The number of ketones is 1. The predicted octanol–water partition coefficient (Wildman–Crippen LogP) is 1.83. The van der Waals surface area contributed by atoms with Gasteiger partial charge < -0.3 is 9.47 Å². The van der Waals surface area contributed by atoms with E-state index in [0.717, 1.165) is 6.92 Å². The van der Waals surface area contributed by atoms with E-state index < -0.39 is 39.0 Å². The van der Waals surface area contributed by atoms with Crippen LogP contribution in [0.15, 0.2) is 35.9 Å². The van der Waals surface area contributed by atoms with Gasteiger partial charge in [0, 0.05) is 17.5 Å². The molecule has 0 aromatic heterocycles. The first-order chi connectivity index (χ1) is 11.1. The van der Waals surface area contributed by atoms with Gasteiger partial charge in [0.15, 0.2) is 5.60 Å². The number of Topliss-reactive ketones (excluding diaryl/α,β-unsaturated/α-hetero) is 1. The normalized spacial score (nSPS) is 20.8. The van der Waals surface area contributed by atoms with Gasteiger partial charge in [-0.3, -0.25) is 14.3 Å². The Hall–Kier alpha value is -2.06. The Morgan fingerprint density at radius 3 is 2.42 bits per heavy atom. The summed E-state index contributed by atoms with van der Waals surface area (Å²) < 4.78 is 36.2. The van der Waals surface area contributed by atoms with Crippen LogP contribution in [-0.4, -0.2) is 25.9 Å². The number of benzene rings is 1. The second kappa shape index (κ2) is 6.45. The van der Waals surface area contributed by atoms with E-state index in [2.05, 4.69) is 4.72 Å². The van der Waals surface area contributed by atoms with Crippen molar-refractivity contribution in [2.75, 3.05) is 5.75 Å². The van der Waals surface area contributed by atoms with Crippen LogP contribution in [0.3, 0.4) is 0 Å². The fraction of sp³-hybridized carbons (Fsp3) is 0.333. The van der Waals surface area contributed by atoms with E-state index in [1.807, 2.05) is 0 Å². The molecule has 7 nitrogen and oxygen atoms in total. The molecule has 0 amide bonds. The minimum atomic E-state index is -3.73. The number of nitrogens with one attached hydrogen (secondary N) is 1. The number of hydrogen-bond donors (Lipinski definition) is 1. The Morgan fingerprint density at radius 1 is 1.33 bits per heavy atom. The number of carbonyl (C=O) groups is 2. The molecule has 24 heavy (non-hydrogen) atoms. The quantitative estimate of drug-likeness (QED) is 0.790. The smallest absolute Gasteiger partial charge is 0.308 e. The van der Waals surface area contributed by atoms with Crippen LogP contribution in [0.4, 0.5) is 0 Å². The largest absolute Gasteiger partial charge is 0.456 e. The number of esters is 1. The molecule has 1 heterocycles. The molecule has 1 unspecified atom stereocenters. The fourth-order valence-corrected chi connectivity index (χ4v) is 2.78. The first kappa shape index (κ1) is 18.3. The number of halogens is 1. The summed E-state index contributed by atoms with van der Waals surface area (Å²) in [4.78, 5) is 24.0. The summed E-state index contributed by atoms with van der Waals surface area (Å²) in [5.41, 5.74) is -1.10. The van der Waals surface area contributed by atoms with E-state index in [-0.39, 0.29) is 5.75 Å². The van der Waals surface area contributed by atoms with E-state index >= 15 is 0 Å². The van der Waals surface area contributed by atoms with Crippen molar-refractivity contribution in [2.24, 2.45) is 0 Å². The van der Waals surface area contributed by atoms with Gasteiger partial charge in [-0.05, 0) is 26.0 Å².